The van der Waals surface area contributed by atoms with Crippen LogP contribution in [0.3, 0.4) is 0 Å². The van der Waals surface area contributed by atoms with Crippen molar-refractivity contribution in [1.82, 2.24) is 5.32 Å². The molecule has 1 heterocycles. The molecule has 1 aliphatic rings. The zero-order valence-electron chi connectivity index (χ0n) is 12.3. The van der Waals surface area contributed by atoms with Crippen molar-refractivity contribution < 1.29 is 13.2 Å². The monoisotopic (exact) mass is 310 g/mol. The van der Waals surface area contributed by atoms with E-state index < -0.39 is 9.84 Å². The molecule has 0 saturated carbocycles. The van der Waals surface area contributed by atoms with Crippen LogP contribution in [-0.2, 0) is 20.4 Å². The maximum atomic E-state index is 11.9. The van der Waals surface area contributed by atoms with Crippen LogP contribution in [0.15, 0.2) is 24.3 Å². The Morgan fingerprint density at radius 1 is 1.43 bits per heavy atom. The Labute approximate surface area is 126 Å². The molecule has 1 saturated heterocycles. The molecule has 0 aliphatic carbocycles. The van der Waals surface area contributed by atoms with Gasteiger partial charge in [-0.15, -0.1) is 0 Å². The highest BCUT2D eigenvalue weighted by atomic mass is 32.2. The first-order valence-electron chi connectivity index (χ1n) is 7.19. The van der Waals surface area contributed by atoms with E-state index in [9.17, 15) is 13.2 Å². The molecule has 116 valence electrons. The molecule has 1 fully saturated rings. The van der Waals surface area contributed by atoms with Crippen molar-refractivity contribution in [2.75, 3.05) is 24.7 Å². The summed E-state index contributed by atoms with van der Waals surface area (Å²) in [7, 11) is -3.06. The lowest BCUT2D eigenvalue weighted by Gasteiger charge is -2.09. The zero-order chi connectivity index (χ0) is 15.3. The van der Waals surface area contributed by atoms with Gasteiger partial charge in [-0.1, -0.05) is 12.1 Å². The van der Waals surface area contributed by atoms with Gasteiger partial charge in [0.25, 0.3) is 0 Å². The van der Waals surface area contributed by atoms with Crippen molar-refractivity contribution in [3.8, 4) is 0 Å². The summed E-state index contributed by atoms with van der Waals surface area (Å²) in [5.41, 5.74) is 1.35. The summed E-state index contributed by atoms with van der Waals surface area (Å²) in [6.07, 6.45) is 3.73. The van der Waals surface area contributed by atoms with Gasteiger partial charge in [-0.05, 0) is 49.5 Å². The lowest BCUT2D eigenvalue weighted by Crippen LogP contribution is -2.15. The van der Waals surface area contributed by atoms with E-state index in [2.05, 4.69) is 10.6 Å². The maximum absolute atomic E-state index is 11.9. The molecule has 1 amide bonds. The second kappa shape index (κ2) is 7.04. The molecule has 1 atom stereocenters. The summed E-state index contributed by atoms with van der Waals surface area (Å²) >= 11 is 0. The molecule has 0 bridgehead atoms. The van der Waals surface area contributed by atoms with E-state index >= 15 is 0 Å². The van der Waals surface area contributed by atoms with Crippen LogP contribution >= 0.6 is 0 Å². The molecule has 2 N–H and O–H groups in total. The van der Waals surface area contributed by atoms with E-state index in [-0.39, 0.29) is 11.7 Å². The molecule has 1 aromatic rings. The normalized spacial score (nSPS) is 18.6. The van der Waals surface area contributed by atoms with Crippen molar-refractivity contribution in [2.24, 2.45) is 5.92 Å². The topological polar surface area (TPSA) is 75.3 Å². The van der Waals surface area contributed by atoms with Crippen LogP contribution in [0.4, 0.5) is 5.69 Å². The number of amides is 1. The minimum absolute atomic E-state index is 0.00947. The molecule has 0 spiro atoms. The summed E-state index contributed by atoms with van der Waals surface area (Å²) in [4.78, 5) is 11.9. The van der Waals surface area contributed by atoms with E-state index in [1.165, 1.54) is 6.26 Å². The van der Waals surface area contributed by atoms with Gasteiger partial charge in [-0.2, -0.15) is 0 Å². The van der Waals surface area contributed by atoms with Gasteiger partial charge in [0.15, 0.2) is 9.84 Å². The summed E-state index contributed by atoms with van der Waals surface area (Å²) in [5, 5.41) is 6.12. The summed E-state index contributed by atoms with van der Waals surface area (Å²) < 4.78 is 22.6. The van der Waals surface area contributed by atoms with E-state index in [1.807, 2.05) is 0 Å². The van der Waals surface area contributed by atoms with Gasteiger partial charge in [0.2, 0.25) is 5.91 Å². The Morgan fingerprint density at radius 3 is 2.90 bits per heavy atom. The van der Waals surface area contributed by atoms with Crippen LogP contribution in [0.25, 0.3) is 0 Å². The molecule has 21 heavy (non-hydrogen) atoms. The zero-order valence-corrected chi connectivity index (χ0v) is 13.1. The predicted octanol–water partition coefficient (Wildman–Crippen LogP) is 1.56. The Hall–Kier alpha value is -1.40. The quantitative estimate of drug-likeness (QED) is 0.836. The molecular weight excluding hydrogens is 288 g/mol. The van der Waals surface area contributed by atoms with Crippen LogP contribution < -0.4 is 10.6 Å². The maximum Gasteiger partial charge on any atom is 0.224 e. The van der Waals surface area contributed by atoms with E-state index in [4.69, 9.17) is 0 Å². The van der Waals surface area contributed by atoms with Crippen LogP contribution in [0.5, 0.6) is 0 Å². The van der Waals surface area contributed by atoms with Crippen molar-refractivity contribution in [3.63, 3.8) is 0 Å². The minimum atomic E-state index is -3.06. The molecule has 6 heteroatoms. The second-order valence-electron chi connectivity index (χ2n) is 5.72. The molecule has 5 nitrogen and oxygen atoms in total. The number of carbonyl (C=O) groups excluding carboxylic acids is 1. The first kappa shape index (κ1) is 16.0. The van der Waals surface area contributed by atoms with Gasteiger partial charge in [0, 0.05) is 18.4 Å². The Balaban J connectivity index is 1.86. The average Bonchev–Trinajstić information content (AvgIpc) is 2.87. The lowest BCUT2D eigenvalue weighted by atomic mass is 10.0. The minimum Gasteiger partial charge on any atom is -0.326 e. The highest BCUT2D eigenvalue weighted by Gasteiger charge is 2.15. The van der Waals surface area contributed by atoms with Crippen LogP contribution in [0.1, 0.15) is 24.8 Å². The fraction of sp³-hybridized carbons (Fsp3) is 0.533. The first-order valence-corrected chi connectivity index (χ1v) is 9.26. The molecule has 0 aromatic heterocycles. The fourth-order valence-corrected chi connectivity index (χ4v) is 3.35. The number of rotatable bonds is 6. The fourth-order valence-electron chi connectivity index (χ4n) is 2.56. The number of anilines is 1. The van der Waals surface area contributed by atoms with Crippen LogP contribution in [0.2, 0.25) is 0 Å². The number of nitrogens with one attached hydrogen (secondary N) is 2. The van der Waals surface area contributed by atoms with Crippen molar-refractivity contribution in [1.29, 1.82) is 0 Å². The smallest absolute Gasteiger partial charge is 0.224 e. The number of hydrogen-bond acceptors (Lipinski definition) is 4. The van der Waals surface area contributed by atoms with Gasteiger partial charge in [-0.25, -0.2) is 8.42 Å². The first-order chi connectivity index (χ1) is 9.92. The summed E-state index contributed by atoms with van der Waals surface area (Å²) in [6.45, 7) is 2.04. The number of hydrogen-bond donors (Lipinski definition) is 2. The number of sulfone groups is 1. The SMILES string of the molecule is CS(=O)(=O)Cc1cccc(NC(=O)CCC2CCNC2)c1. The number of carbonyl (C=O) groups is 1. The van der Waals surface area contributed by atoms with E-state index in [1.54, 1.807) is 24.3 Å². The van der Waals surface area contributed by atoms with Crippen molar-refractivity contribution in [2.45, 2.75) is 25.0 Å². The Kier molecular flexibility index (Phi) is 5.36. The van der Waals surface area contributed by atoms with Crippen molar-refractivity contribution in [3.05, 3.63) is 29.8 Å². The lowest BCUT2D eigenvalue weighted by molar-refractivity contribution is -0.116. The number of benzene rings is 1. The second-order valence-corrected chi connectivity index (χ2v) is 7.86. The van der Waals surface area contributed by atoms with E-state index in [0.717, 1.165) is 25.9 Å². The third-order valence-corrected chi connectivity index (χ3v) is 4.44. The molecule has 2 rings (SSSR count). The van der Waals surface area contributed by atoms with Gasteiger partial charge >= 0.3 is 0 Å². The molecular formula is C15H22N2O3S. The molecule has 0 radical (unpaired) electrons. The third-order valence-electron chi connectivity index (χ3n) is 3.58. The van der Waals surface area contributed by atoms with Crippen LogP contribution in [0, 0.1) is 5.92 Å². The Morgan fingerprint density at radius 2 is 2.24 bits per heavy atom. The highest BCUT2D eigenvalue weighted by molar-refractivity contribution is 7.89. The molecule has 1 unspecified atom stereocenters. The van der Waals surface area contributed by atoms with Crippen molar-refractivity contribution >= 4 is 21.4 Å². The largest absolute Gasteiger partial charge is 0.326 e. The van der Waals surface area contributed by atoms with Gasteiger partial charge in [-0.3, -0.25) is 4.79 Å². The molecule has 1 aliphatic heterocycles. The average molecular weight is 310 g/mol. The Bertz CT molecular complexity index is 593. The van der Waals surface area contributed by atoms with E-state index in [0.29, 0.717) is 23.6 Å². The van der Waals surface area contributed by atoms with Gasteiger partial charge < -0.3 is 10.6 Å². The van der Waals surface area contributed by atoms with Crippen LogP contribution in [-0.4, -0.2) is 33.7 Å². The summed E-state index contributed by atoms with van der Waals surface area (Å²) in [6, 6.07) is 7.01. The molecule has 1 aromatic carbocycles. The predicted molar refractivity (Wildman–Crippen MR) is 83.8 cm³/mol. The van der Waals surface area contributed by atoms with Gasteiger partial charge in [0.1, 0.15) is 0 Å². The standard InChI is InChI=1S/C15H22N2O3S/c1-21(19,20)11-13-3-2-4-14(9-13)17-15(18)6-5-12-7-8-16-10-12/h2-4,9,12,16H,5-8,10-11H2,1H3,(H,17,18). The summed E-state index contributed by atoms with van der Waals surface area (Å²) in [5.74, 6) is 0.565. The van der Waals surface area contributed by atoms with Gasteiger partial charge in [0.05, 0.1) is 5.75 Å². The highest BCUT2D eigenvalue weighted by Crippen LogP contribution is 2.16. The third kappa shape index (κ3) is 5.85.